The summed E-state index contributed by atoms with van der Waals surface area (Å²) in [7, 11) is 0. The average molecular weight is 244 g/mol. The minimum Gasteiger partial charge on any atom is -0.369 e. The predicted octanol–water partition coefficient (Wildman–Crippen LogP) is 1.96. The van der Waals surface area contributed by atoms with Crippen LogP contribution in [-0.4, -0.2) is 30.4 Å². The van der Waals surface area contributed by atoms with Gasteiger partial charge in [-0.05, 0) is 36.5 Å². The smallest absolute Gasteiger partial charge is 0.231 e. The van der Waals surface area contributed by atoms with E-state index in [1.807, 2.05) is 0 Å². The van der Waals surface area contributed by atoms with Gasteiger partial charge in [0.15, 0.2) is 0 Å². The Bertz CT molecular complexity index is 465. The van der Waals surface area contributed by atoms with Crippen LogP contribution in [0.5, 0.6) is 0 Å². The van der Waals surface area contributed by atoms with Gasteiger partial charge in [0.25, 0.3) is 0 Å². The van der Waals surface area contributed by atoms with Crippen LogP contribution in [-0.2, 0) is 4.79 Å². The van der Waals surface area contributed by atoms with Gasteiger partial charge < -0.3 is 5.73 Å². The van der Waals surface area contributed by atoms with Crippen LogP contribution in [0, 0.1) is 6.92 Å². The maximum Gasteiger partial charge on any atom is 0.231 e. The summed E-state index contributed by atoms with van der Waals surface area (Å²) in [5.41, 5.74) is 9.28. The van der Waals surface area contributed by atoms with Gasteiger partial charge in [0.1, 0.15) is 0 Å². The normalized spacial score (nSPS) is 17.1. The highest BCUT2D eigenvalue weighted by Crippen LogP contribution is 2.24. The monoisotopic (exact) mass is 244 g/mol. The zero-order chi connectivity index (χ0) is 13.0. The summed E-state index contributed by atoms with van der Waals surface area (Å²) in [6.45, 7) is 4.33. The Labute approximate surface area is 108 Å². The molecular weight excluding hydrogens is 224 g/mol. The molecule has 0 spiro atoms. The summed E-state index contributed by atoms with van der Waals surface area (Å²) >= 11 is 0. The summed E-state index contributed by atoms with van der Waals surface area (Å²) in [6, 6.07) is 8.46. The van der Waals surface area contributed by atoms with Gasteiger partial charge >= 0.3 is 0 Å². The van der Waals surface area contributed by atoms with Gasteiger partial charge in [0.2, 0.25) is 5.91 Å². The fourth-order valence-corrected chi connectivity index (χ4v) is 2.47. The van der Waals surface area contributed by atoms with E-state index < -0.39 is 0 Å². The average Bonchev–Trinajstić information content (AvgIpc) is 2.55. The lowest BCUT2D eigenvalue weighted by atomic mass is 9.98. The molecule has 96 valence electrons. The largest absolute Gasteiger partial charge is 0.369 e. The van der Waals surface area contributed by atoms with Crippen molar-refractivity contribution in [3.05, 3.63) is 41.5 Å². The molecule has 0 atom stereocenters. The first-order chi connectivity index (χ1) is 8.66. The molecule has 0 aliphatic carbocycles. The highest BCUT2D eigenvalue weighted by atomic mass is 16.1. The maximum absolute atomic E-state index is 10.9. The Morgan fingerprint density at radius 1 is 1.33 bits per heavy atom. The lowest BCUT2D eigenvalue weighted by molar-refractivity contribution is -0.119. The first-order valence-corrected chi connectivity index (χ1v) is 6.42. The zero-order valence-corrected chi connectivity index (χ0v) is 10.9. The molecule has 18 heavy (non-hydrogen) atoms. The van der Waals surface area contributed by atoms with Gasteiger partial charge in [-0.3, -0.25) is 9.69 Å². The van der Waals surface area contributed by atoms with E-state index in [0.29, 0.717) is 6.54 Å². The Hall–Kier alpha value is -1.61. The van der Waals surface area contributed by atoms with Crippen molar-refractivity contribution in [3.8, 4) is 0 Å². The van der Waals surface area contributed by atoms with Crippen molar-refractivity contribution in [3.63, 3.8) is 0 Å². The van der Waals surface area contributed by atoms with Crippen LogP contribution in [0.15, 0.2) is 30.3 Å². The molecule has 0 aromatic heterocycles. The number of carbonyl (C=O) groups excluding carboxylic acids is 1. The molecule has 1 aromatic carbocycles. The highest BCUT2D eigenvalue weighted by Gasteiger charge is 2.13. The van der Waals surface area contributed by atoms with Gasteiger partial charge in [-0.1, -0.05) is 30.3 Å². The van der Waals surface area contributed by atoms with Crippen molar-refractivity contribution in [2.45, 2.75) is 19.8 Å². The number of aryl methyl sites for hydroxylation is 1. The van der Waals surface area contributed by atoms with Crippen LogP contribution in [0.2, 0.25) is 0 Å². The number of hydrogen-bond donors (Lipinski definition) is 1. The Kier molecular flexibility index (Phi) is 4.15. The zero-order valence-electron chi connectivity index (χ0n) is 10.9. The quantitative estimate of drug-likeness (QED) is 0.883. The van der Waals surface area contributed by atoms with E-state index in [0.717, 1.165) is 25.9 Å². The maximum atomic E-state index is 10.9. The molecule has 0 radical (unpaired) electrons. The molecule has 0 unspecified atom stereocenters. The molecule has 2 N–H and O–H groups in total. The van der Waals surface area contributed by atoms with Gasteiger partial charge in [0.05, 0.1) is 6.54 Å². The van der Waals surface area contributed by atoms with Crippen LogP contribution < -0.4 is 5.73 Å². The Morgan fingerprint density at radius 3 is 2.83 bits per heavy atom. The second-order valence-corrected chi connectivity index (χ2v) is 4.83. The second-order valence-electron chi connectivity index (χ2n) is 4.83. The van der Waals surface area contributed by atoms with Crippen molar-refractivity contribution < 1.29 is 4.79 Å². The van der Waals surface area contributed by atoms with Gasteiger partial charge in [-0.15, -0.1) is 0 Å². The molecule has 1 aromatic rings. The summed E-state index contributed by atoms with van der Waals surface area (Å²) in [6.07, 6.45) is 4.26. The van der Waals surface area contributed by atoms with E-state index in [-0.39, 0.29) is 5.91 Å². The number of carbonyl (C=O) groups is 1. The summed E-state index contributed by atoms with van der Waals surface area (Å²) in [5, 5.41) is 0. The molecule has 2 rings (SSSR count). The number of benzene rings is 1. The fraction of sp³-hybridized carbons (Fsp3) is 0.400. The van der Waals surface area contributed by atoms with Crippen LogP contribution >= 0.6 is 0 Å². The first-order valence-electron chi connectivity index (χ1n) is 6.42. The topological polar surface area (TPSA) is 46.3 Å². The number of amides is 1. The van der Waals surface area contributed by atoms with Crippen molar-refractivity contribution in [2.24, 2.45) is 5.73 Å². The first kappa shape index (κ1) is 12.8. The van der Waals surface area contributed by atoms with Crippen molar-refractivity contribution >= 4 is 11.5 Å². The number of rotatable bonds is 3. The van der Waals surface area contributed by atoms with E-state index >= 15 is 0 Å². The predicted molar refractivity (Wildman–Crippen MR) is 74.0 cm³/mol. The second kappa shape index (κ2) is 5.83. The highest BCUT2D eigenvalue weighted by molar-refractivity contribution is 5.76. The lowest BCUT2D eigenvalue weighted by Crippen LogP contribution is -2.34. The van der Waals surface area contributed by atoms with E-state index in [1.165, 1.54) is 16.7 Å². The minimum atomic E-state index is -0.241. The summed E-state index contributed by atoms with van der Waals surface area (Å²) < 4.78 is 0. The molecule has 3 nitrogen and oxygen atoms in total. The van der Waals surface area contributed by atoms with Crippen molar-refractivity contribution in [1.82, 2.24) is 4.90 Å². The van der Waals surface area contributed by atoms with Crippen LogP contribution in [0.3, 0.4) is 0 Å². The lowest BCUT2D eigenvalue weighted by Gasteiger charge is -2.18. The van der Waals surface area contributed by atoms with E-state index in [9.17, 15) is 4.79 Å². The molecule has 1 amide bonds. The molecule has 3 heteroatoms. The van der Waals surface area contributed by atoms with Crippen LogP contribution in [0.4, 0.5) is 0 Å². The summed E-state index contributed by atoms with van der Waals surface area (Å²) in [4.78, 5) is 13.1. The molecule has 0 fully saturated rings. The molecule has 0 saturated carbocycles. The third-order valence-corrected chi connectivity index (χ3v) is 3.40. The van der Waals surface area contributed by atoms with E-state index in [1.54, 1.807) is 0 Å². The molecular formula is C15H20N2O. The van der Waals surface area contributed by atoms with Crippen molar-refractivity contribution in [1.29, 1.82) is 0 Å². The standard InChI is InChI=1S/C15H20N2O/c1-12-5-2-3-7-14(12)13-6-4-9-17(10-8-13)11-15(16)18/h2-3,5-7H,4,8-11H2,1H3,(H2,16,18). The number of nitrogens with two attached hydrogens (primary N) is 1. The third kappa shape index (κ3) is 3.20. The molecule has 0 saturated heterocycles. The molecule has 1 aliphatic heterocycles. The minimum absolute atomic E-state index is 0.241. The molecule has 1 heterocycles. The number of nitrogens with zero attached hydrogens (tertiary/aromatic N) is 1. The summed E-state index contributed by atoms with van der Waals surface area (Å²) in [5.74, 6) is -0.241. The number of primary amides is 1. The Morgan fingerprint density at radius 2 is 2.11 bits per heavy atom. The number of hydrogen-bond acceptors (Lipinski definition) is 2. The van der Waals surface area contributed by atoms with Gasteiger partial charge in [0, 0.05) is 13.1 Å². The molecule has 0 bridgehead atoms. The van der Waals surface area contributed by atoms with Gasteiger partial charge in [-0.2, -0.15) is 0 Å². The molecule has 1 aliphatic rings. The fourth-order valence-electron chi connectivity index (χ4n) is 2.47. The van der Waals surface area contributed by atoms with E-state index in [4.69, 9.17) is 5.73 Å². The van der Waals surface area contributed by atoms with E-state index in [2.05, 4.69) is 42.2 Å². The van der Waals surface area contributed by atoms with Crippen molar-refractivity contribution in [2.75, 3.05) is 19.6 Å². The SMILES string of the molecule is Cc1ccccc1C1=CCCN(CC(N)=O)CC1. The van der Waals surface area contributed by atoms with Gasteiger partial charge in [-0.25, -0.2) is 0 Å². The van der Waals surface area contributed by atoms with Crippen LogP contribution in [0.25, 0.3) is 5.57 Å². The third-order valence-electron chi connectivity index (χ3n) is 3.40. The Balaban J connectivity index is 2.07. The van der Waals surface area contributed by atoms with Crippen LogP contribution in [0.1, 0.15) is 24.0 Å².